The number of rotatable bonds is 5. The van der Waals surface area contributed by atoms with Crippen LogP contribution in [0.15, 0.2) is 133 Å². The molecule has 6 aromatic rings. The van der Waals surface area contributed by atoms with Gasteiger partial charge in [0, 0.05) is 0 Å². The molecular weight excluding hydrogens is 480 g/mol. The molecule has 0 heteroatoms. The zero-order valence-electron chi connectivity index (χ0n) is 23.7. The van der Waals surface area contributed by atoms with Crippen LogP contribution in [0, 0.1) is 27.7 Å². The predicted octanol–water partition coefficient (Wildman–Crippen LogP) is 11.3. The summed E-state index contributed by atoms with van der Waals surface area (Å²) >= 11 is 0. The summed E-state index contributed by atoms with van der Waals surface area (Å²) in [5.41, 5.74) is 17.7. The van der Waals surface area contributed by atoms with Crippen molar-refractivity contribution in [2.24, 2.45) is 0 Å². The second-order valence-corrected chi connectivity index (χ2v) is 11.1. The number of hydrogen-bond acceptors (Lipinski definition) is 0. The minimum Gasteiger partial charge on any atom is -0.0563 e. The van der Waals surface area contributed by atoms with Gasteiger partial charge in [0.25, 0.3) is 0 Å². The lowest BCUT2D eigenvalue weighted by atomic mass is 9.95. The zero-order valence-corrected chi connectivity index (χ0v) is 23.7. The van der Waals surface area contributed by atoms with Gasteiger partial charge in [0.05, 0.1) is 0 Å². The first-order chi connectivity index (χ1) is 19.4. The molecule has 0 saturated heterocycles. The summed E-state index contributed by atoms with van der Waals surface area (Å²) in [7, 11) is 0. The first kappa shape index (κ1) is 25.6. The van der Waals surface area contributed by atoms with Crippen LogP contribution in [0.2, 0.25) is 0 Å². The fraction of sp³-hybridized carbons (Fsp3) is 0.100. The standard InChI is InChI=1S/C40H34/c1-27-21-28(2)24-39(23-27)37-17-13-35(14-18-37)33-9-5-31(6-10-33)32-7-11-34(12-8-32)36-15-19-38(20-16-36)40-25-29(3)22-30(4)26-40/h5-26H,1-4H3. The normalized spacial score (nSPS) is 11.0. The largest absolute Gasteiger partial charge is 0.0563 e. The van der Waals surface area contributed by atoms with Gasteiger partial charge in [-0.1, -0.05) is 156 Å². The highest BCUT2D eigenvalue weighted by molar-refractivity contribution is 5.76. The summed E-state index contributed by atoms with van der Waals surface area (Å²) in [6.07, 6.45) is 0. The highest BCUT2D eigenvalue weighted by Gasteiger charge is 2.06. The molecule has 0 unspecified atom stereocenters. The van der Waals surface area contributed by atoms with Gasteiger partial charge in [-0.25, -0.2) is 0 Å². The van der Waals surface area contributed by atoms with Gasteiger partial charge in [-0.3, -0.25) is 0 Å². The monoisotopic (exact) mass is 514 g/mol. The SMILES string of the molecule is Cc1cc(C)cc(-c2ccc(-c3ccc(-c4ccc(-c5ccc(-c6cc(C)cc(C)c6)cc5)cc4)cc3)cc2)c1. The van der Waals surface area contributed by atoms with Crippen molar-refractivity contribution in [3.8, 4) is 55.6 Å². The van der Waals surface area contributed by atoms with E-state index in [-0.39, 0.29) is 0 Å². The van der Waals surface area contributed by atoms with Crippen LogP contribution in [-0.4, -0.2) is 0 Å². The van der Waals surface area contributed by atoms with Crippen molar-refractivity contribution < 1.29 is 0 Å². The predicted molar refractivity (Wildman–Crippen MR) is 173 cm³/mol. The lowest BCUT2D eigenvalue weighted by molar-refractivity contribution is 1.38. The van der Waals surface area contributed by atoms with Crippen molar-refractivity contribution in [1.82, 2.24) is 0 Å². The highest BCUT2D eigenvalue weighted by Crippen LogP contribution is 2.31. The molecule has 194 valence electrons. The molecule has 40 heavy (non-hydrogen) atoms. The van der Waals surface area contributed by atoms with Crippen LogP contribution in [0.3, 0.4) is 0 Å². The topological polar surface area (TPSA) is 0 Å². The van der Waals surface area contributed by atoms with E-state index in [4.69, 9.17) is 0 Å². The maximum atomic E-state index is 2.25. The van der Waals surface area contributed by atoms with Crippen molar-refractivity contribution in [3.63, 3.8) is 0 Å². The highest BCUT2D eigenvalue weighted by atomic mass is 14.1. The molecule has 0 radical (unpaired) electrons. The lowest BCUT2D eigenvalue weighted by Gasteiger charge is -2.09. The lowest BCUT2D eigenvalue weighted by Crippen LogP contribution is -1.85. The molecule has 0 saturated carbocycles. The Balaban J connectivity index is 1.17. The molecule has 0 aliphatic rings. The van der Waals surface area contributed by atoms with E-state index < -0.39 is 0 Å². The minimum absolute atomic E-state index is 1.23. The van der Waals surface area contributed by atoms with Crippen LogP contribution in [0.25, 0.3) is 55.6 Å². The third-order valence-corrected chi connectivity index (χ3v) is 7.65. The van der Waals surface area contributed by atoms with Gasteiger partial charge in [-0.05, 0) is 83.3 Å². The van der Waals surface area contributed by atoms with Crippen molar-refractivity contribution >= 4 is 0 Å². The van der Waals surface area contributed by atoms with E-state index in [1.54, 1.807) is 0 Å². The smallest absolute Gasteiger partial charge is 0.0179 e. The van der Waals surface area contributed by atoms with Crippen molar-refractivity contribution in [2.45, 2.75) is 27.7 Å². The van der Waals surface area contributed by atoms with Gasteiger partial charge < -0.3 is 0 Å². The van der Waals surface area contributed by atoms with E-state index >= 15 is 0 Å². The van der Waals surface area contributed by atoms with Crippen LogP contribution in [-0.2, 0) is 0 Å². The van der Waals surface area contributed by atoms with Crippen molar-refractivity contribution in [1.29, 1.82) is 0 Å². The summed E-state index contributed by atoms with van der Waals surface area (Å²) in [6, 6.07) is 49.0. The average molecular weight is 515 g/mol. The molecule has 0 N–H and O–H groups in total. The maximum Gasteiger partial charge on any atom is -0.0179 e. The molecule has 0 aliphatic heterocycles. The second-order valence-electron chi connectivity index (χ2n) is 11.1. The van der Waals surface area contributed by atoms with Crippen LogP contribution in [0.5, 0.6) is 0 Å². The summed E-state index contributed by atoms with van der Waals surface area (Å²) in [5, 5.41) is 0. The molecular formula is C40H34. The number of hydrogen-bond donors (Lipinski definition) is 0. The Bertz CT molecular complexity index is 1590. The van der Waals surface area contributed by atoms with E-state index in [1.807, 2.05) is 0 Å². The number of benzene rings is 6. The number of aryl methyl sites for hydroxylation is 4. The molecule has 0 spiro atoms. The van der Waals surface area contributed by atoms with Crippen LogP contribution >= 0.6 is 0 Å². The third-order valence-electron chi connectivity index (χ3n) is 7.65. The summed E-state index contributed by atoms with van der Waals surface area (Å²) < 4.78 is 0. The summed E-state index contributed by atoms with van der Waals surface area (Å²) in [6.45, 7) is 8.63. The Kier molecular flexibility index (Phi) is 6.93. The Labute approximate surface area is 238 Å². The summed E-state index contributed by atoms with van der Waals surface area (Å²) in [4.78, 5) is 0. The fourth-order valence-corrected chi connectivity index (χ4v) is 5.70. The van der Waals surface area contributed by atoms with Crippen molar-refractivity contribution in [3.05, 3.63) is 156 Å². The van der Waals surface area contributed by atoms with Crippen molar-refractivity contribution in [2.75, 3.05) is 0 Å². The molecule has 0 amide bonds. The van der Waals surface area contributed by atoms with Gasteiger partial charge in [0.2, 0.25) is 0 Å². The zero-order chi connectivity index (χ0) is 27.6. The van der Waals surface area contributed by atoms with Gasteiger partial charge in [-0.15, -0.1) is 0 Å². The maximum absolute atomic E-state index is 2.25. The molecule has 6 aromatic carbocycles. The van der Waals surface area contributed by atoms with Crippen LogP contribution in [0.1, 0.15) is 22.3 Å². The van der Waals surface area contributed by atoms with Crippen LogP contribution < -0.4 is 0 Å². The van der Waals surface area contributed by atoms with Gasteiger partial charge >= 0.3 is 0 Å². The van der Waals surface area contributed by atoms with E-state index in [9.17, 15) is 0 Å². The Morgan fingerprint density at radius 2 is 0.350 bits per heavy atom. The van der Waals surface area contributed by atoms with E-state index in [0.29, 0.717) is 0 Å². The van der Waals surface area contributed by atoms with E-state index in [1.165, 1.54) is 77.9 Å². The van der Waals surface area contributed by atoms with Gasteiger partial charge in [0.1, 0.15) is 0 Å². The molecule has 0 nitrogen and oxygen atoms in total. The molecule has 0 heterocycles. The van der Waals surface area contributed by atoms with Gasteiger partial charge in [0.15, 0.2) is 0 Å². The van der Waals surface area contributed by atoms with E-state index in [2.05, 4.69) is 161 Å². The quantitative estimate of drug-likeness (QED) is 0.215. The first-order valence-electron chi connectivity index (χ1n) is 14.0. The molecule has 6 rings (SSSR count). The first-order valence-corrected chi connectivity index (χ1v) is 14.0. The molecule has 0 fully saturated rings. The minimum atomic E-state index is 1.23. The summed E-state index contributed by atoms with van der Waals surface area (Å²) in [5.74, 6) is 0. The molecule has 0 bridgehead atoms. The molecule has 0 atom stereocenters. The Morgan fingerprint density at radius 1 is 0.200 bits per heavy atom. The average Bonchev–Trinajstić information content (AvgIpc) is 2.97. The van der Waals surface area contributed by atoms with Gasteiger partial charge in [-0.2, -0.15) is 0 Å². The third kappa shape index (κ3) is 5.53. The second kappa shape index (κ2) is 10.8. The molecule has 0 aromatic heterocycles. The Morgan fingerprint density at radius 3 is 0.525 bits per heavy atom. The fourth-order valence-electron chi connectivity index (χ4n) is 5.70. The molecule has 0 aliphatic carbocycles. The van der Waals surface area contributed by atoms with E-state index in [0.717, 1.165) is 0 Å². The Hall–Kier alpha value is -4.68. The van der Waals surface area contributed by atoms with Crippen LogP contribution in [0.4, 0.5) is 0 Å².